The topological polar surface area (TPSA) is 60.8 Å². The van der Waals surface area contributed by atoms with Crippen LogP contribution in [0.1, 0.15) is 40.4 Å². The van der Waals surface area contributed by atoms with Gasteiger partial charge in [0.15, 0.2) is 5.78 Å². The summed E-state index contributed by atoms with van der Waals surface area (Å²) in [4.78, 5) is 14.7. The zero-order valence-electron chi connectivity index (χ0n) is 15.9. The largest absolute Gasteiger partial charge is 0.382 e. The number of likely N-dealkylation sites (tertiary alicyclic amines) is 1. The van der Waals surface area contributed by atoms with Crippen LogP contribution < -0.4 is 0 Å². The minimum absolute atomic E-state index is 0.232. The minimum Gasteiger partial charge on any atom is -0.382 e. The second-order valence-corrected chi connectivity index (χ2v) is 7.28. The van der Waals surface area contributed by atoms with Crippen molar-refractivity contribution >= 4 is 5.78 Å². The van der Waals surface area contributed by atoms with Gasteiger partial charge in [0.1, 0.15) is 17.5 Å². The molecule has 1 aliphatic rings. The molecule has 1 fully saturated rings. The number of halogens is 1. The lowest BCUT2D eigenvalue weighted by Gasteiger charge is -2.36. The fraction of sp³-hybridized carbons (Fsp3) is 0.348. The Hall–Kier alpha value is -2.52. The first-order valence-corrected chi connectivity index (χ1v) is 9.35. The van der Waals surface area contributed by atoms with E-state index in [-0.39, 0.29) is 11.6 Å². The molecule has 4 nitrogen and oxygen atoms in total. The molecular formula is C23H24FNO3. The maximum absolute atomic E-state index is 12.9. The van der Waals surface area contributed by atoms with Gasteiger partial charge in [-0.25, -0.2) is 4.39 Å². The number of aliphatic hydroxyl groups excluding tert-OH is 1. The molecular weight excluding hydrogens is 357 g/mol. The molecule has 1 heterocycles. The van der Waals surface area contributed by atoms with Crippen LogP contribution in [0.5, 0.6) is 0 Å². The van der Waals surface area contributed by atoms with Crippen LogP contribution in [-0.2, 0) is 0 Å². The van der Waals surface area contributed by atoms with Gasteiger partial charge in [0.25, 0.3) is 0 Å². The Labute approximate surface area is 164 Å². The summed E-state index contributed by atoms with van der Waals surface area (Å²) in [6.07, 6.45) is -0.269. The molecule has 1 unspecified atom stereocenters. The Morgan fingerprint density at radius 3 is 2.36 bits per heavy atom. The monoisotopic (exact) mass is 381 g/mol. The summed E-state index contributed by atoms with van der Waals surface area (Å²) < 4.78 is 12.9. The van der Waals surface area contributed by atoms with E-state index in [0.29, 0.717) is 43.6 Å². The minimum atomic E-state index is -1.34. The molecule has 2 aromatic carbocycles. The van der Waals surface area contributed by atoms with Crippen LogP contribution in [0.2, 0.25) is 0 Å². The number of ketones is 1. The number of hydrogen-bond acceptors (Lipinski definition) is 4. The number of benzene rings is 2. The summed E-state index contributed by atoms with van der Waals surface area (Å²) in [5.41, 5.74) is 0.807. The maximum Gasteiger partial charge on any atom is 0.194 e. The summed E-state index contributed by atoms with van der Waals surface area (Å²) >= 11 is 0. The summed E-state index contributed by atoms with van der Waals surface area (Å²) in [5, 5.41) is 20.8. The van der Waals surface area contributed by atoms with Crippen LogP contribution in [0.15, 0.2) is 48.5 Å². The predicted octanol–water partition coefficient (Wildman–Crippen LogP) is 2.88. The highest BCUT2D eigenvalue weighted by atomic mass is 19.1. The number of aliphatic hydroxyl groups is 2. The molecule has 1 atom stereocenters. The van der Waals surface area contributed by atoms with E-state index in [1.165, 1.54) is 24.3 Å². The normalized spacial score (nSPS) is 17.4. The summed E-state index contributed by atoms with van der Waals surface area (Å²) in [6, 6.07) is 12.8. The van der Waals surface area contributed by atoms with Gasteiger partial charge in [-0.1, -0.05) is 53.8 Å². The molecule has 0 aromatic heterocycles. The van der Waals surface area contributed by atoms with Crippen LogP contribution >= 0.6 is 0 Å². The number of hydrogen-bond donors (Lipinski definition) is 2. The van der Waals surface area contributed by atoms with Crippen molar-refractivity contribution in [2.75, 3.05) is 19.6 Å². The fourth-order valence-electron chi connectivity index (χ4n) is 3.26. The quantitative estimate of drug-likeness (QED) is 0.632. The average molecular weight is 381 g/mol. The lowest BCUT2D eigenvalue weighted by molar-refractivity contribution is -0.00405. The summed E-state index contributed by atoms with van der Waals surface area (Å²) in [5.74, 6) is 5.09. The van der Waals surface area contributed by atoms with Gasteiger partial charge in [0, 0.05) is 18.7 Å². The molecule has 3 rings (SSSR count). The van der Waals surface area contributed by atoms with Crippen molar-refractivity contribution in [1.29, 1.82) is 0 Å². The Kier molecular flexibility index (Phi) is 6.25. The number of rotatable bonds is 4. The Morgan fingerprint density at radius 1 is 1.14 bits per heavy atom. The summed E-state index contributed by atoms with van der Waals surface area (Å²) in [7, 11) is 0. The van der Waals surface area contributed by atoms with Gasteiger partial charge in [0.2, 0.25) is 0 Å². The second kappa shape index (κ2) is 8.66. The van der Waals surface area contributed by atoms with Gasteiger partial charge in [0.05, 0.1) is 6.54 Å². The first-order valence-electron chi connectivity index (χ1n) is 9.35. The molecule has 1 saturated heterocycles. The van der Waals surface area contributed by atoms with Gasteiger partial charge in [-0.2, -0.15) is 0 Å². The maximum atomic E-state index is 12.9. The van der Waals surface area contributed by atoms with Crippen LogP contribution in [0.25, 0.3) is 0 Å². The molecule has 5 heteroatoms. The van der Waals surface area contributed by atoms with Crippen LogP contribution in [-0.4, -0.2) is 46.1 Å². The first kappa shape index (κ1) is 20.2. The number of piperidine rings is 1. The number of aryl methyl sites for hydroxylation is 1. The van der Waals surface area contributed by atoms with Crippen molar-refractivity contribution in [3.8, 4) is 11.8 Å². The lowest BCUT2D eigenvalue weighted by atomic mass is 9.84. The van der Waals surface area contributed by atoms with Gasteiger partial charge in [-0.15, -0.1) is 0 Å². The van der Waals surface area contributed by atoms with Gasteiger partial charge < -0.3 is 10.2 Å². The fourth-order valence-corrected chi connectivity index (χ4v) is 3.26. The van der Waals surface area contributed by atoms with Crippen molar-refractivity contribution in [2.45, 2.75) is 31.5 Å². The molecule has 0 amide bonds. The van der Waals surface area contributed by atoms with Crippen LogP contribution in [0.3, 0.4) is 0 Å². The Morgan fingerprint density at radius 2 is 1.75 bits per heavy atom. The van der Waals surface area contributed by atoms with Crippen molar-refractivity contribution in [1.82, 2.24) is 4.90 Å². The van der Waals surface area contributed by atoms with E-state index in [0.717, 1.165) is 5.56 Å². The third-order valence-corrected chi connectivity index (χ3v) is 5.15. The van der Waals surface area contributed by atoms with E-state index in [9.17, 15) is 19.4 Å². The molecule has 2 aromatic rings. The van der Waals surface area contributed by atoms with E-state index in [1.807, 2.05) is 24.0 Å². The zero-order valence-corrected chi connectivity index (χ0v) is 15.9. The van der Waals surface area contributed by atoms with E-state index < -0.39 is 11.7 Å². The van der Waals surface area contributed by atoms with E-state index >= 15 is 0 Å². The molecule has 1 aliphatic heterocycles. The first-order chi connectivity index (χ1) is 13.4. The molecule has 0 aliphatic carbocycles. The Bertz CT molecular complexity index is 873. The molecule has 28 heavy (non-hydrogen) atoms. The van der Waals surface area contributed by atoms with E-state index in [4.69, 9.17) is 0 Å². The molecule has 146 valence electrons. The van der Waals surface area contributed by atoms with Crippen molar-refractivity contribution in [2.24, 2.45) is 0 Å². The SMILES string of the molecule is Cc1ccc(C(=O)C2(O)CCN(CC#CC(O)c3ccc(F)cc3)CC2)cc1. The molecule has 0 radical (unpaired) electrons. The third-order valence-electron chi connectivity index (χ3n) is 5.15. The number of carbonyl (C=O) groups excluding carboxylic acids is 1. The zero-order chi connectivity index (χ0) is 20.1. The average Bonchev–Trinajstić information content (AvgIpc) is 2.70. The van der Waals surface area contributed by atoms with Crippen molar-refractivity contribution in [3.63, 3.8) is 0 Å². The smallest absolute Gasteiger partial charge is 0.194 e. The standard InChI is InChI=1S/C23H24FNO3/c1-17-4-6-19(7-5-17)22(27)23(28)12-15-25(16-13-23)14-2-3-21(26)18-8-10-20(24)11-9-18/h4-11,21,26,28H,12-16H2,1H3. The lowest BCUT2D eigenvalue weighted by Crippen LogP contribution is -2.49. The number of nitrogens with zero attached hydrogens (tertiary/aromatic N) is 1. The highest BCUT2D eigenvalue weighted by molar-refractivity contribution is 6.02. The molecule has 0 bridgehead atoms. The molecule has 2 N–H and O–H groups in total. The van der Waals surface area contributed by atoms with Crippen molar-refractivity contribution < 1.29 is 19.4 Å². The number of carbonyl (C=O) groups is 1. The van der Waals surface area contributed by atoms with Crippen molar-refractivity contribution in [3.05, 3.63) is 71.0 Å². The Balaban J connectivity index is 1.53. The highest BCUT2D eigenvalue weighted by Crippen LogP contribution is 2.26. The van der Waals surface area contributed by atoms with Gasteiger partial charge >= 0.3 is 0 Å². The second-order valence-electron chi connectivity index (χ2n) is 7.28. The predicted molar refractivity (Wildman–Crippen MR) is 105 cm³/mol. The van der Waals surface area contributed by atoms with E-state index in [1.54, 1.807) is 12.1 Å². The van der Waals surface area contributed by atoms with Crippen LogP contribution in [0, 0.1) is 24.6 Å². The third kappa shape index (κ3) is 4.85. The van der Waals surface area contributed by atoms with E-state index in [2.05, 4.69) is 11.8 Å². The highest BCUT2D eigenvalue weighted by Gasteiger charge is 2.39. The molecule has 0 spiro atoms. The number of Topliss-reactive ketones (excluding diaryl/α,β-unsaturated/α-hetero) is 1. The molecule has 0 saturated carbocycles. The van der Waals surface area contributed by atoms with Gasteiger partial charge in [-0.3, -0.25) is 9.69 Å². The van der Waals surface area contributed by atoms with Gasteiger partial charge in [-0.05, 0) is 37.5 Å². The van der Waals surface area contributed by atoms with Crippen LogP contribution in [0.4, 0.5) is 4.39 Å². The summed E-state index contributed by atoms with van der Waals surface area (Å²) in [6.45, 7) is 3.49.